The molecule has 0 amide bonds. The van der Waals surface area contributed by atoms with Gasteiger partial charge in [0.25, 0.3) is 0 Å². The van der Waals surface area contributed by atoms with Crippen LogP contribution in [0.4, 0.5) is 13.2 Å². The third kappa shape index (κ3) is 2.94. The third-order valence-corrected chi connectivity index (χ3v) is 5.73. The number of hydrogen-bond donors (Lipinski definition) is 2. The number of rotatable bonds is 2. The summed E-state index contributed by atoms with van der Waals surface area (Å²) in [5.41, 5.74) is 7.10. The molecular weight excluding hydrogens is 369 g/mol. The lowest BCUT2D eigenvalue weighted by Crippen LogP contribution is -2.35. The highest BCUT2D eigenvalue weighted by molar-refractivity contribution is 5.78. The van der Waals surface area contributed by atoms with Gasteiger partial charge in [0.05, 0.1) is 5.69 Å². The number of nitrogens with zero attached hydrogens (tertiary/aromatic N) is 4. The van der Waals surface area contributed by atoms with Gasteiger partial charge in [-0.15, -0.1) is 0 Å². The second-order valence-corrected chi connectivity index (χ2v) is 7.45. The van der Waals surface area contributed by atoms with Crippen LogP contribution in [0.3, 0.4) is 0 Å². The van der Waals surface area contributed by atoms with E-state index in [2.05, 4.69) is 25.9 Å². The molecule has 1 saturated heterocycles. The topological polar surface area (TPSA) is 67.7 Å². The van der Waals surface area contributed by atoms with Gasteiger partial charge in [0.15, 0.2) is 5.82 Å². The van der Waals surface area contributed by atoms with Crippen LogP contribution in [0.5, 0.6) is 0 Å². The van der Waals surface area contributed by atoms with E-state index in [-0.39, 0.29) is 5.92 Å². The van der Waals surface area contributed by atoms with Crippen LogP contribution in [0.2, 0.25) is 0 Å². The SMILES string of the molecule is FC(F)(F)c1ccc2nn(-c3ccccn3)c(C3CCC4NNCC4C3)c2n1. The number of hydrazine groups is 1. The molecule has 1 saturated carbocycles. The Labute approximate surface area is 159 Å². The van der Waals surface area contributed by atoms with E-state index >= 15 is 0 Å². The Bertz CT molecular complexity index is 1000. The highest BCUT2D eigenvalue weighted by Crippen LogP contribution is 2.41. The van der Waals surface area contributed by atoms with Crippen LogP contribution < -0.4 is 10.9 Å². The zero-order valence-corrected chi connectivity index (χ0v) is 14.9. The highest BCUT2D eigenvalue weighted by atomic mass is 19.4. The van der Waals surface area contributed by atoms with Gasteiger partial charge in [-0.05, 0) is 49.4 Å². The molecule has 1 aliphatic heterocycles. The third-order valence-electron chi connectivity index (χ3n) is 5.73. The van der Waals surface area contributed by atoms with Gasteiger partial charge in [-0.1, -0.05) is 6.07 Å². The molecule has 28 heavy (non-hydrogen) atoms. The maximum absolute atomic E-state index is 13.3. The quantitative estimate of drug-likeness (QED) is 0.706. The predicted molar refractivity (Wildman–Crippen MR) is 96.7 cm³/mol. The molecule has 3 aromatic rings. The van der Waals surface area contributed by atoms with Crippen molar-refractivity contribution in [2.75, 3.05) is 6.54 Å². The molecule has 0 radical (unpaired) electrons. The number of aromatic nitrogens is 4. The lowest BCUT2D eigenvalue weighted by Gasteiger charge is -2.31. The molecule has 5 rings (SSSR count). The number of halogens is 3. The molecule has 0 spiro atoms. The first-order valence-corrected chi connectivity index (χ1v) is 9.37. The Morgan fingerprint density at radius 2 is 2.00 bits per heavy atom. The minimum absolute atomic E-state index is 0.0749. The molecule has 146 valence electrons. The first-order chi connectivity index (χ1) is 13.5. The lowest BCUT2D eigenvalue weighted by molar-refractivity contribution is -0.140. The largest absolute Gasteiger partial charge is 0.433 e. The predicted octanol–water partition coefficient (Wildman–Crippen LogP) is 3.19. The fourth-order valence-electron chi connectivity index (χ4n) is 4.41. The number of alkyl halides is 3. The molecule has 4 heterocycles. The van der Waals surface area contributed by atoms with E-state index < -0.39 is 11.9 Å². The number of hydrogen-bond acceptors (Lipinski definition) is 5. The molecule has 1 aliphatic carbocycles. The molecule has 0 bridgehead atoms. The Morgan fingerprint density at radius 1 is 1.11 bits per heavy atom. The highest BCUT2D eigenvalue weighted by Gasteiger charge is 2.38. The summed E-state index contributed by atoms with van der Waals surface area (Å²) in [5, 5.41) is 4.56. The molecule has 2 N–H and O–H groups in total. The van der Waals surface area contributed by atoms with Crippen LogP contribution in [0.1, 0.15) is 36.6 Å². The molecule has 6 nitrogen and oxygen atoms in total. The van der Waals surface area contributed by atoms with Crippen LogP contribution >= 0.6 is 0 Å². The minimum atomic E-state index is -4.49. The maximum Gasteiger partial charge on any atom is 0.433 e. The average Bonchev–Trinajstić information content (AvgIpc) is 3.31. The van der Waals surface area contributed by atoms with Crippen LogP contribution in [0.25, 0.3) is 16.9 Å². The normalized spacial score (nSPS) is 25.2. The van der Waals surface area contributed by atoms with Gasteiger partial charge in [0.2, 0.25) is 0 Å². The standard InChI is InChI=1S/C19H19F3N6/c20-19(21,22)15-7-6-14-17(25-15)18(28(27-14)16-3-1-2-8-23-16)11-4-5-13-12(9-11)10-24-26-13/h1-3,6-8,11-13,24,26H,4-5,9-10H2. The van der Waals surface area contributed by atoms with E-state index in [1.54, 1.807) is 16.9 Å². The van der Waals surface area contributed by atoms with E-state index in [1.165, 1.54) is 6.07 Å². The van der Waals surface area contributed by atoms with Gasteiger partial charge in [0.1, 0.15) is 16.7 Å². The van der Waals surface area contributed by atoms with Crippen molar-refractivity contribution in [2.24, 2.45) is 5.92 Å². The summed E-state index contributed by atoms with van der Waals surface area (Å²) in [5.74, 6) is 1.10. The van der Waals surface area contributed by atoms with Crippen molar-refractivity contribution < 1.29 is 13.2 Å². The van der Waals surface area contributed by atoms with Crippen LogP contribution in [0.15, 0.2) is 36.5 Å². The molecule has 3 aromatic heterocycles. The van der Waals surface area contributed by atoms with Crippen molar-refractivity contribution in [2.45, 2.75) is 37.4 Å². The van der Waals surface area contributed by atoms with E-state index in [9.17, 15) is 13.2 Å². The van der Waals surface area contributed by atoms with Gasteiger partial charge in [-0.25, -0.2) is 14.6 Å². The first-order valence-electron chi connectivity index (χ1n) is 9.37. The van der Waals surface area contributed by atoms with Crippen molar-refractivity contribution in [3.05, 3.63) is 47.9 Å². The Kier molecular flexibility index (Phi) is 4.09. The zero-order valence-electron chi connectivity index (χ0n) is 14.9. The average molecular weight is 388 g/mol. The molecule has 9 heteroatoms. The fourth-order valence-corrected chi connectivity index (χ4v) is 4.41. The Balaban J connectivity index is 1.67. The molecule has 0 aromatic carbocycles. The van der Waals surface area contributed by atoms with Crippen LogP contribution in [0, 0.1) is 5.92 Å². The van der Waals surface area contributed by atoms with Gasteiger partial charge < -0.3 is 0 Å². The summed E-state index contributed by atoms with van der Waals surface area (Å²) < 4.78 is 41.5. The fraction of sp³-hybridized carbons (Fsp3) is 0.421. The van der Waals surface area contributed by atoms with Crippen LogP contribution in [-0.2, 0) is 6.18 Å². The van der Waals surface area contributed by atoms with Gasteiger partial charge in [0, 0.05) is 24.7 Å². The lowest BCUT2D eigenvalue weighted by atomic mass is 9.77. The van der Waals surface area contributed by atoms with Crippen molar-refractivity contribution in [1.82, 2.24) is 30.6 Å². The van der Waals surface area contributed by atoms with Gasteiger partial charge in [-0.2, -0.15) is 18.3 Å². The smallest absolute Gasteiger partial charge is 0.257 e. The molecule has 3 unspecified atom stereocenters. The van der Waals surface area contributed by atoms with Crippen molar-refractivity contribution >= 4 is 11.0 Å². The summed E-state index contributed by atoms with van der Waals surface area (Å²) in [6, 6.07) is 8.25. The number of nitrogens with one attached hydrogen (secondary N) is 2. The summed E-state index contributed by atoms with van der Waals surface area (Å²) in [7, 11) is 0. The van der Waals surface area contributed by atoms with Crippen molar-refractivity contribution in [1.29, 1.82) is 0 Å². The summed E-state index contributed by atoms with van der Waals surface area (Å²) in [6.45, 7) is 0.859. The number of pyridine rings is 2. The molecule has 2 fully saturated rings. The summed E-state index contributed by atoms with van der Waals surface area (Å²) in [4.78, 5) is 8.35. The van der Waals surface area contributed by atoms with Crippen LogP contribution in [-0.4, -0.2) is 32.3 Å². The van der Waals surface area contributed by atoms with Crippen molar-refractivity contribution in [3.63, 3.8) is 0 Å². The molecule has 3 atom stereocenters. The van der Waals surface area contributed by atoms with Gasteiger partial charge in [-0.3, -0.25) is 10.9 Å². The zero-order chi connectivity index (χ0) is 19.3. The number of fused-ring (bicyclic) bond motifs is 2. The molecule has 2 aliphatic rings. The van der Waals surface area contributed by atoms with Crippen molar-refractivity contribution in [3.8, 4) is 5.82 Å². The first kappa shape index (κ1) is 17.6. The van der Waals surface area contributed by atoms with Gasteiger partial charge >= 0.3 is 6.18 Å². The van der Waals surface area contributed by atoms with E-state index in [0.717, 1.165) is 37.6 Å². The summed E-state index contributed by atoms with van der Waals surface area (Å²) in [6.07, 6.45) is -0.148. The minimum Gasteiger partial charge on any atom is -0.257 e. The van der Waals surface area contributed by atoms with E-state index in [0.29, 0.717) is 28.8 Å². The Hall–Kier alpha value is -2.52. The molecular formula is C19H19F3N6. The van der Waals surface area contributed by atoms with E-state index in [4.69, 9.17) is 0 Å². The monoisotopic (exact) mass is 388 g/mol. The van der Waals surface area contributed by atoms with E-state index in [1.807, 2.05) is 12.1 Å². The maximum atomic E-state index is 13.3. The second kappa shape index (κ2) is 6.52. The Morgan fingerprint density at radius 3 is 2.79 bits per heavy atom. The summed E-state index contributed by atoms with van der Waals surface area (Å²) >= 11 is 0. The second-order valence-electron chi connectivity index (χ2n) is 7.45.